The van der Waals surface area contributed by atoms with Gasteiger partial charge in [0.05, 0.1) is 18.7 Å². The minimum atomic E-state index is 0.146. The Kier molecular flexibility index (Phi) is 6.83. The van der Waals surface area contributed by atoms with Gasteiger partial charge in [0.2, 0.25) is 5.91 Å². The van der Waals surface area contributed by atoms with Crippen molar-refractivity contribution in [1.29, 1.82) is 0 Å². The summed E-state index contributed by atoms with van der Waals surface area (Å²) in [5.41, 5.74) is 4.11. The Hall–Kier alpha value is -3.39. The summed E-state index contributed by atoms with van der Waals surface area (Å²) >= 11 is 0. The van der Waals surface area contributed by atoms with Crippen molar-refractivity contribution in [3.8, 4) is 5.75 Å². The Morgan fingerprint density at radius 1 is 1.00 bits per heavy atom. The number of carbonyl (C=O) groups is 1. The number of hydrogen-bond acceptors (Lipinski definition) is 7. The highest BCUT2D eigenvalue weighted by atomic mass is 16.5. The fourth-order valence-electron chi connectivity index (χ4n) is 5.45. The maximum absolute atomic E-state index is 12.5. The Morgan fingerprint density at radius 3 is 2.54 bits per heavy atom. The fraction of sp³-hybridized carbons (Fsp3) is 0.483. The molecule has 3 aliphatic rings. The highest BCUT2D eigenvalue weighted by molar-refractivity contribution is 5.93. The van der Waals surface area contributed by atoms with Crippen molar-refractivity contribution < 1.29 is 14.3 Å². The Labute approximate surface area is 218 Å². The second-order valence-corrected chi connectivity index (χ2v) is 10.4. The lowest BCUT2D eigenvalue weighted by molar-refractivity contribution is -0.140. The lowest BCUT2D eigenvalue weighted by Crippen LogP contribution is -2.45. The first-order valence-electron chi connectivity index (χ1n) is 13.5. The SMILES string of the molecule is Cc1cc(Nc2ncnc3ccc(N4CCOCC4)cc23)ccc1OC1CCN(C(=O)C2CCC2)CC1. The molecule has 0 radical (unpaired) electrons. The van der Waals surface area contributed by atoms with Crippen molar-refractivity contribution >= 4 is 34.0 Å². The van der Waals surface area contributed by atoms with Gasteiger partial charge in [0, 0.05) is 61.7 Å². The molecular formula is C29H35N5O3. The van der Waals surface area contributed by atoms with Gasteiger partial charge in [-0.1, -0.05) is 6.42 Å². The third-order valence-corrected chi connectivity index (χ3v) is 7.93. The molecule has 8 heteroatoms. The first-order chi connectivity index (χ1) is 18.1. The van der Waals surface area contributed by atoms with Crippen LogP contribution >= 0.6 is 0 Å². The molecule has 2 aliphatic heterocycles. The molecule has 0 bridgehead atoms. The largest absolute Gasteiger partial charge is 0.490 e. The molecule has 0 unspecified atom stereocenters. The van der Waals surface area contributed by atoms with Gasteiger partial charge in [-0.15, -0.1) is 0 Å². The molecule has 1 N–H and O–H groups in total. The van der Waals surface area contributed by atoms with Crippen molar-refractivity contribution in [2.45, 2.75) is 45.1 Å². The van der Waals surface area contributed by atoms with Crippen molar-refractivity contribution in [1.82, 2.24) is 14.9 Å². The maximum Gasteiger partial charge on any atom is 0.225 e. The molecule has 8 nitrogen and oxygen atoms in total. The van der Waals surface area contributed by atoms with E-state index in [9.17, 15) is 4.79 Å². The van der Waals surface area contributed by atoms with Crippen LogP contribution in [0.4, 0.5) is 17.2 Å². The van der Waals surface area contributed by atoms with Gasteiger partial charge in [-0.2, -0.15) is 0 Å². The van der Waals surface area contributed by atoms with Gasteiger partial charge in [-0.3, -0.25) is 4.79 Å². The van der Waals surface area contributed by atoms with Gasteiger partial charge in [0.1, 0.15) is 24.0 Å². The van der Waals surface area contributed by atoms with Gasteiger partial charge in [-0.05, 0) is 61.7 Å². The smallest absolute Gasteiger partial charge is 0.225 e. The lowest BCUT2D eigenvalue weighted by atomic mass is 9.84. The number of nitrogens with zero attached hydrogens (tertiary/aromatic N) is 4. The number of likely N-dealkylation sites (tertiary alicyclic amines) is 1. The molecule has 2 aromatic carbocycles. The number of aromatic nitrogens is 2. The molecule has 194 valence electrons. The molecule has 2 saturated heterocycles. The molecular weight excluding hydrogens is 466 g/mol. The van der Waals surface area contributed by atoms with E-state index in [-0.39, 0.29) is 12.0 Å². The first-order valence-corrected chi connectivity index (χ1v) is 13.5. The minimum absolute atomic E-state index is 0.146. The summed E-state index contributed by atoms with van der Waals surface area (Å²) in [5.74, 6) is 2.32. The number of nitrogens with one attached hydrogen (secondary N) is 1. The molecule has 1 aliphatic carbocycles. The van der Waals surface area contributed by atoms with Crippen LogP contribution in [-0.4, -0.2) is 66.3 Å². The van der Waals surface area contributed by atoms with Gasteiger partial charge in [0.15, 0.2) is 0 Å². The van der Waals surface area contributed by atoms with Crippen molar-refractivity contribution in [2.24, 2.45) is 5.92 Å². The molecule has 0 atom stereocenters. The van der Waals surface area contributed by atoms with Crippen LogP contribution in [0.3, 0.4) is 0 Å². The summed E-state index contributed by atoms with van der Waals surface area (Å²) in [6.07, 6.45) is 6.84. The Balaban J connectivity index is 1.12. The van der Waals surface area contributed by atoms with E-state index in [0.29, 0.717) is 5.91 Å². The monoisotopic (exact) mass is 501 g/mol. The average Bonchev–Trinajstić information content (AvgIpc) is 2.90. The Bertz CT molecular complexity index is 1260. The number of benzene rings is 2. The van der Waals surface area contributed by atoms with Crippen LogP contribution in [0.15, 0.2) is 42.7 Å². The number of rotatable bonds is 6. The molecule has 3 aromatic rings. The normalized spacial score (nSPS) is 19.1. The molecule has 6 rings (SSSR count). The average molecular weight is 502 g/mol. The van der Waals surface area contributed by atoms with E-state index in [1.165, 1.54) is 6.42 Å². The molecule has 3 heterocycles. The summed E-state index contributed by atoms with van der Waals surface area (Å²) in [6.45, 7) is 6.94. The summed E-state index contributed by atoms with van der Waals surface area (Å²) in [4.78, 5) is 25.9. The number of anilines is 3. The van der Waals surface area contributed by atoms with Crippen LogP contribution in [0, 0.1) is 12.8 Å². The van der Waals surface area contributed by atoms with Crippen LogP contribution in [0.2, 0.25) is 0 Å². The predicted molar refractivity (Wildman–Crippen MR) is 145 cm³/mol. The molecule has 1 saturated carbocycles. The standard InChI is InChI=1S/C29H35N5O3/c1-20-17-22(5-8-27(20)37-24-9-11-34(12-10-24)29(35)21-3-2-4-21)32-28-25-18-23(33-13-15-36-16-14-33)6-7-26(25)30-19-31-28/h5-8,17-19,21,24H,2-4,9-16H2,1H3,(H,30,31,32). The number of hydrogen-bond donors (Lipinski definition) is 1. The first kappa shape index (κ1) is 24.0. The molecule has 37 heavy (non-hydrogen) atoms. The van der Waals surface area contributed by atoms with Crippen LogP contribution < -0.4 is 15.0 Å². The van der Waals surface area contributed by atoms with Crippen molar-refractivity contribution in [2.75, 3.05) is 49.6 Å². The fourth-order valence-corrected chi connectivity index (χ4v) is 5.45. The van der Waals surface area contributed by atoms with Gasteiger partial charge in [-0.25, -0.2) is 9.97 Å². The number of fused-ring (bicyclic) bond motifs is 1. The number of ether oxygens (including phenoxy) is 2. The highest BCUT2D eigenvalue weighted by Gasteiger charge is 2.32. The topological polar surface area (TPSA) is 79.8 Å². The van der Waals surface area contributed by atoms with Gasteiger partial charge < -0.3 is 24.6 Å². The number of piperidine rings is 1. The predicted octanol–water partition coefficient (Wildman–Crippen LogP) is 4.69. The summed E-state index contributed by atoms with van der Waals surface area (Å²) < 4.78 is 11.9. The van der Waals surface area contributed by atoms with Crippen LogP contribution in [0.5, 0.6) is 5.75 Å². The second-order valence-electron chi connectivity index (χ2n) is 10.4. The van der Waals surface area contributed by atoms with E-state index in [2.05, 4.69) is 51.4 Å². The molecule has 1 amide bonds. The minimum Gasteiger partial charge on any atom is -0.490 e. The molecule has 3 fully saturated rings. The maximum atomic E-state index is 12.5. The number of morpholine rings is 1. The van der Waals surface area contributed by atoms with E-state index in [4.69, 9.17) is 9.47 Å². The van der Waals surface area contributed by atoms with Gasteiger partial charge >= 0.3 is 0 Å². The van der Waals surface area contributed by atoms with E-state index >= 15 is 0 Å². The van der Waals surface area contributed by atoms with E-state index in [0.717, 1.165) is 104 Å². The van der Waals surface area contributed by atoms with Crippen LogP contribution in [-0.2, 0) is 9.53 Å². The van der Waals surface area contributed by atoms with Crippen LogP contribution in [0.1, 0.15) is 37.7 Å². The van der Waals surface area contributed by atoms with E-state index in [1.54, 1.807) is 6.33 Å². The number of carbonyl (C=O) groups excluding carboxylic acids is 1. The lowest BCUT2D eigenvalue weighted by Gasteiger charge is -2.36. The third kappa shape index (κ3) is 5.21. The number of amides is 1. The van der Waals surface area contributed by atoms with Crippen LogP contribution in [0.25, 0.3) is 10.9 Å². The Morgan fingerprint density at radius 2 is 1.81 bits per heavy atom. The van der Waals surface area contributed by atoms with E-state index < -0.39 is 0 Å². The van der Waals surface area contributed by atoms with E-state index in [1.807, 2.05) is 17.0 Å². The quantitative estimate of drug-likeness (QED) is 0.525. The van der Waals surface area contributed by atoms with Crippen molar-refractivity contribution in [3.05, 3.63) is 48.3 Å². The zero-order valence-corrected chi connectivity index (χ0v) is 21.5. The van der Waals surface area contributed by atoms with Crippen molar-refractivity contribution in [3.63, 3.8) is 0 Å². The highest BCUT2D eigenvalue weighted by Crippen LogP contribution is 2.32. The summed E-state index contributed by atoms with van der Waals surface area (Å²) in [5, 5.41) is 4.49. The zero-order valence-electron chi connectivity index (χ0n) is 21.5. The number of aryl methyl sites for hydroxylation is 1. The zero-order chi connectivity index (χ0) is 25.2. The summed E-state index contributed by atoms with van der Waals surface area (Å²) in [6, 6.07) is 12.5. The van der Waals surface area contributed by atoms with Gasteiger partial charge in [0.25, 0.3) is 0 Å². The molecule has 1 aromatic heterocycles. The summed E-state index contributed by atoms with van der Waals surface area (Å²) in [7, 11) is 0. The second kappa shape index (κ2) is 10.5. The third-order valence-electron chi connectivity index (χ3n) is 7.93. The molecule has 0 spiro atoms.